The van der Waals surface area contributed by atoms with Gasteiger partial charge in [-0.3, -0.25) is 0 Å². The Morgan fingerprint density at radius 2 is 2.06 bits per heavy atom. The Morgan fingerprint density at radius 1 is 1.25 bits per heavy atom. The third-order valence-electron chi connectivity index (χ3n) is 3.44. The zero-order valence-electron chi connectivity index (χ0n) is 9.13. The van der Waals surface area contributed by atoms with Gasteiger partial charge in [-0.2, -0.15) is 0 Å². The molecule has 2 heterocycles. The molecule has 2 fully saturated rings. The van der Waals surface area contributed by atoms with Crippen molar-refractivity contribution in [2.24, 2.45) is 0 Å². The molecule has 0 radical (unpaired) electrons. The Morgan fingerprint density at radius 3 is 2.81 bits per heavy atom. The molecule has 2 atom stereocenters. The molecule has 0 N–H and O–H groups in total. The SMILES string of the molecule is O=C1C([Se]c2ccccc2)C[C@@H]2CCCN12. The van der Waals surface area contributed by atoms with Crippen LogP contribution in [0.1, 0.15) is 19.3 Å². The van der Waals surface area contributed by atoms with Crippen LogP contribution in [0, 0.1) is 0 Å². The van der Waals surface area contributed by atoms with E-state index in [0.29, 0.717) is 31.7 Å². The number of rotatable bonds is 2. The van der Waals surface area contributed by atoms with Crippen LogP contribution < -0.4 is 4.46 Å². The second kappa shape index (κ2) is 4.23. The fourth-order valence-corrected chi connectivity index (χ4v) is 5.18. The number of benzene rings is 1. The van der Waals surface area contributed by atoms with E-state index in [0.717, 1.165) is 13.0 Å². The first-order valence-corrected chi connectivity index (χ1v) is 7.71. The number of carbonyl (C=O) groups is 1. The number of carbonyl (C=O) groups excluding carboxylic acids is 1. The Hall–Kier alpha value is -0.791. The second-order valence-electron chi connectivity index (χ2n) is 4.48. The summed E-state index contributed by atoms with van der Waals surface area (Å²) in [6.45, 7) is 1.00. The Balaban J connectivity index is 1.71. The molecule has 1 amide bonds. The molecule has 2 aliphatic heterocycles. The molecule has 84 valence electrons. The van der Waals surface area contributed by atoms with Crippen molar-refractivity contribution in [1.29, 1.82) is 0 Å². The van der Waals surface area contributed by atoms with Gasteiger partial charge in [-0.25, -0.2) is 0 Å². The van der Waals surface area contributed by atoms with E-state index in [9.17, 15) is 4.79 Å². The van der Waals surface area contributed by atoms with E-state index in [1.165, 1.54) is 17.3 Å². The van der Waals surface area contributed by atoms with Crippen LogP contribution >= 0.6 is 0 Å². The quantitative estimate of drug-likeness (QED) is 0.745. The molecule has 16 heavy (non-hydrogen) atoms. The first-order valence-electron chi connectivity index (χ1n) is 5.87. The Kier molecular flexibility index (Phi) is 2.74. The molecule has 0 aliphatic carbocycles. The van der Waals surface area contributed by atoms with Gasteiger partial charge in [0.15, 0.2) is 0 Å². The summed E-state index contributed by atoms with van der Waals surface area (Å²) in [5.74, 6) is 0.423. The topological polar surface area (TPSA) is 20.3 Å². The standard InChI is InChI=1S/C13H15NOSe/c15-13-12(9-10-5-4-8-14(10)13)16-11-6-2-1-3-7-11/h1-3,6-7,10,12H,4-5,8-9H2/t10-,12?/m0/s1. The Labute approximate surface area is 102 Å². The van der Waals surface area contributed by atoms with Gasteiger partial charge in [-0.05, 0) is 0 Å². The monoisotopic (exact) mass is 281 g/mol. The van der Waals surface area contributed by atoms with Gasteiger partial charge in [0.1, 0.15) is 0 Å². The van der Waals surface area contributed by atoms with Crippen molar-refractivity contribution in [3.05, 3.63) is 30.3 Å². The van der Waals surface area contributed by atoms with Gasteiger partial charge in [-0.15, -0.1) is 0 Å². The first-order chi connectivity index (χ1) is 7.84. The van der Waals surface area contributed by atoms with E-state index in [1.807, 2.05) is 6.07 Å². The van der Waals surface area contributed by atoms with E-state index in [1.54, 1.807) is 0 Å². The predicted octanol–water partition coefficient (Wildman–Crippen LogP) is 1.20. The molecule has 2 nitrogen and oxygen atoms in total. The average Bonchev–Trinajstić information content (AvgIpc) is 2.86. The summed E-state index contributed by atoms with van der Waals surface area (Å²) in [6.07, 6.45) is 3.54. The fourth-order valence-electron chi connectivity index (χ4n) is 2.67. The van der Waals surface area contributed by atoms with Gasteiger partial charge < -0.3 is 0 Å². The molecule has 0 aromatic heterocycles. The van der Waals surface area contributed by atoms with E-state index in [2.05, 4.69) is 29.2 Å². The van der Waals surface area contributed by atoms with Gasteiger partial charge in [-0.1, -0.05) is 0 Å². The summed E-state index contributed by atoms with van der Waals surface area (Å²) in [6, 6.07) is 11.0. The van der Waals surface area contributed by atoms with E-state index >= 15 is 0 Å². The minimum absolute atomic E-state index is 0.306. The van der Waals surface area contributed by atoms with Gasteiger partial charge >= 0.3 is 102 Å². The Bertz CT molecular complexity index is 392. The molecule has 3 rings (SSSR count). The summed E-state index contributed by atoms with van der Waals surface area (Å²) in [4.78, 5) is 14.6. The molecule has 0 bridgehead atoms. The number of hydrogen-bond donors (Lipinski definition) is 0. The summed E-state index contributed by atoms with van der Waals surface area (Å²) >= 11 is 0.322. The van der Waals surface area contributed by atoms with Crippen LogP contribution in [0.3, 0.4) is 0 Å². The third kappa shape index (κ3) is 1.79. The second-order valence-corrected chi connectivity index (χ2v) is 7.16. The van der Waals surface area contributed by atoms with Crippen LogP contribution in [-0.2, 0) is 4.79 Å². The van der Waals surface area contributed by atoms with Gasteiger partial charge in [0.05, 0.1) is 0 Å². The molecule has 0 saturated carbocycles. The predicted molar refractivity (Wildman–Crippen MR) is 64.9 cm³/mol. The maximum atomic E-state index is 12.1. The zero-order chi connectivity index (χ0) is 11.0. The normalized spacial score (nSPS) is 28.5. The molecule has 3 heteroatoms. The third-order valence-corrected chi connectivity index (χ3v) is 6.01. The van der Waals surface area contributed by atoms with Crippen LogP contribution in [0.25, 0.3) is 0 Å². The molecule has 1 aromatic carbocycles. The zero-order valence-corrected chi connectivity index (χ0v) is 10.8. The van der Waals surface area contributed by atoms with Crippen molar-refractivity contribution in [1.82, 2.24) is 4.90 Å². The van der Waals surface area contributed by atoms with Crippen molar-refractivity contribution in [3.8, 4) is 0 Å². The van der Waals surface area contributed by atoms with Crippen LogP contribution in [-0.4, -0.2) is 38.4 Å². The summed E-state index contributed by atoms with van der Waals surface area (Å²) in [5, 5.41) is 0. The van der Waals surface area contributed by atoms with Crippen molar-refractivity contribution < 1.29 is 4.79 Å². The number of amides is 1. The van der Waals surface area contributed by atoms with Crippen molar-refractivity contribution >= 4 is 25.3 Å². The molecular weight excluding hydrogens is 265 g/mol. The maximum absolute atomic E-state index is 12.1. The molecular formula is C13H15NOSe. The van der Waals surface area contributed by atoms with Crippen LogP contribution in [0.5, 0.6) is 0 Å². The van der Waals surface area contributed by atoms with Gasteiger partial charge in [0.2, 0.25) is 0 Å². The number of hydrogen-bond acceptors (Lipinski definition) is 1. The van der Waals surface area contributed by atoms with Crippen molar-refractivity contribution in [2.45, 2.75) is 30.1 Å². The molecule has 2 aliphatic rings. The van der Waals surface area contributed by atoms with Crippen LogP contribution in [0.4, 0.5) is 0 Å². The number of nitrogens with zero attached hydrogens (tertiary/aromatic N) is 1. The minimum atomic E-state index is 0.306. The summed E-state index contributed by atoms with van der Waals surface area (Å²) in [7, 11) is 0. The fraction of sp³-hybridized carbons (Fsp3) is 0.462. The van der Waals surface area contributed by atoms with Crippen LogP contribution in [0.15, 0.2) is 30.3 Å². The van der Waals surface area contributed by atoms with Crippen molar-refractivity contribution in [2.75, 3.05) is 6.54 Å². The van der Waals surface area contributed by atoms with Crippen molar-refractivity contribution in [3.63, 3.8) is 0 Å². The summed E-state index contributed by atoms with van der Waals surface area (Å²) in [5.41, 5.74) is 0. The van der Waals surface area contributed by atoms with E-state index < -0.39 is 0 Å². The first kappa shape index (κ1) is 10.4. The van der Waals surface area contributed by atoms with E-state index in [4.69, 9.17) is 0 Å². The summed E-state index contributed by atoms with van der Waals surface area (Å²) < 4.78 is 1.36. The average molecular weight is 280 g/mol. The van der Waals surface area contributed by atoms with E-state index in [-0.39, 0.29) is 0 Å². The molecule has 1 aromatic rings. The molecule has 1 unspecified atom stereocenters. The molecule has 2 saturated heterocycles. The van der Waals surface area contributed by atoms with Crippen LogP contribution in [0.2, 0.25) is 4.82 Å². The molecule has 0 spiro atoms. The van der Waals surface area contributed by atoms with Gasteiger partial charge in [0, 0.05) is 0 Å². The van der Waals surface area contributed by atoms with Gasteiger partial charge in [0.25, 0.3) is 0 Å². The number of fused-ring (bicyclic) bond motifs is 1.